The van der Waals surface area contributed by atoms with Crippen molar-refractivity contribution in [2.75, 3.05) is 37.8 Å². The van der Waals surface area contributed by atoms with Crippen LogP contribution in [0.25, 0.3) is 11.1 Å². The van der Waals surface area contributed by atoms with Crippen molar-refractivity contribution in [1.29, 1.82) is 5.26 Å². The minimum atomic E-state index is -3.66. The Morgan fingerprint density at radius 2 is 1.85 bits per heavy atom. The average Bonchev–Trinajstić information content (AvgIpc) is 2.84. The fourth-order valence-electron chi connectivity index (χ4n) is 3.23. The summed E-state index contributed by atoms with van der Waals surface area (Å²) >= 11 is 1.08. The quantitative estimate of drug-likeness (QED) is 0.480. The smallest absolute Gasteiger partial charge is 0.243 e. The normalized spacial score (nSPS) is 14.1. The van der Waals surface area contributed by atoms with Crippen molar-refractivity contribution in [3.8, 4) is 17.2 Å². The zero-order valence-corrected chi connectivity index (χ0v) is 20.2. The monoisotopic (exact) mass is 492 g/mol. The fourth-order valence-corrected chi connectivity index (χ4v) is 5.44. The number of amides is 1. The molecule has 0 aliphatic carbocycles. The van der Waals surface area contributed by atoms with Gasteiger partial charge in [0.05, 0.1) is 23.9 Å². The van der Waals surface area contributed by atoms with Crippen LogP contribution in [-0.2, 0) is 26.1 Å². The third kappa shape index (κ3) is 6.01. The molecule has 0 saturated carbocycles. The average molecular weight is 493 g/mol. The Kier molecular flexibility index (Phi) is 9.63. The second-order valence-corrected chi connectivity index (χ2v) is 9.54. The van der Waals surface area contributed by atoms with Gasteiger partial charge in [0.25, 0.3) is 0 Å². The maximum atomic E-state index is 12.9. The lowest BCUT2D eigenvalue weighted by Crippen LogP contribution is -2.40. The van der Waals surface area contributed by atoms with Gasteiger partial charge < -0.3 is 21.9 Å². The molecule has 0 radical (unpaired) electrons. The minimum absolute atomic E-state index is 0.00770. The lowest BCUT2D eigenvalue weighted by Gasteiger charge is -2.26. The number of nitrogens with two attached hydrogens (primary N) is 3. The Morgan fingerprint density at radius 1 is 1.24 bits per heavy atom. The minimum Gasteiger partial charge on any atom is -0.383 e. The van der Waals surface area contributed by atoms with E-state index in [4.69, 9.17) is 21.9 Å². The number of nitriles is 1. The summed E-state index contributed by atoms with van der Waals surface area (Å²) in [6.45, 7) is 5.32. The Balaban J connectivity index is 0.00000187. The van der Waals surface area contributed by atoms with Gasteiger partial charge >= 0.3 is 0 Å². The van der Waals surface area contributed by atoms with Crippen LogP contribution in [0.3, 0.4) is 0 Å². The molecule has 12 heteroatoms. The first-order chi connectivity index (χ1) is 15.8. The lowest BCUT2D eigenvalue weighted by molar-refractivity contribution is -0.115. The van der Waals surface area contributed by atoms with Gasteiger partial charge in [-0.05, 0) is 17.7 Å². The van der Waals surface area contributed by atoms with E-state index < -0.39 is 15.9 Å². The van der Waals surface area contributed by atoms with Crippen LogP contribution in [0.15, 0.2) is 34.2 Å². The van der Waals surface area contributed by atoms with Gasteiger partial charge in [0, 0.05) is 30.8 Å². The molecule has 0 spiro atoms. The highest BCUT2D eigenvalue weighted by molar-refractivity contribution is 8.00. The van der Waals surface area contributed by atoms with Crippen molar-refractivity contribution in [2.24, 2.45) is 11.5 Å². The molecule has 1 fully saturated rings. The van der Waals surface area contributed by atoms with Crippen molar-refractivity contribution in [1.82, 2.24) is 9.29 Å². The number of nitrogens with zero attached hydrogens (tertiary/aromatic N) is 3. The van der Waals surface area contributed by atoms with Gasteiger partial charge in [0.15, 0.2) is 0 Å². The van der Waals surface area contributed by atoms with Crippen LogP contribution in [0, 0.1) is 11.3 Å². The van der Waals surface area contributed by atoms with E-state index in [1.54, 1.807) is 12.1 Å². The molecule has 1 aliphatic rings. The Labute approximate surface area is 198 Å². The maximum Gasteiger partial charge on any atom is 0.243 e. The number of primary amides is 1. The molecule has 1 aromatic heterocycles. The summed E-state index contributed by atoms with van der Waals surface area (Å²) < 4.78 is 32.3. The van der Waals surface area contributed by atoms with Crippen LogP contribution in [0.5, 0.6) is 0 Å². The molecule has 6 N–H and O–H groups in total. The van der Waals surface area contributed by atoms with Crippen LogP contribution in [0.2, 0.25) is 0 Å². The van der Waals surface area contributed by atoms with Crippen molar-refractivity contribution >= 4 is 33.5 Å². The highest BCUT2D eigenvalue weighted by Gasteiger charge is 2.27. The molecule has 1 amide bonds. The molecule has 3 rings (SSSR count). The van der Waals surface area contributed by atoms with Gasteiger partial charge in [-0.3, -0.25) is 4.79 Å². The molecule has 33 heavy (non-hydrogen) atoms. The van der Waals surface area contributed by atoms with Gasteiger partial charge in [-0.2, -0.15) is 9.57 Å². The number of thioether (sulfide) groups is 1. The molecule has 1 saturated heterocycles. The van der Waals surface area contributed by atoms with Crippen LogP contribution in [-0.4, -0.2) is 55.7 Å². The number of hydrogen-bond acceptors (Lipinski definition) is 9. The largest absolute Gasteiger partial charge is 0.383 e. The summed E-state index contributed by atoms with van der Waals surface area (Å²) in [5, 5.41) is 10.0. The lowest BCUT2D eigenvalue weighted by atomic mass is 9.96. The zero-order valence-electron chi connectivity index (χ0n) is 18.6. The number of benzene rings is 1. The molecular weight excluding hydrogens is 464 g/mol. The van der Waals surface area contributed by atoms with E-state index in [9.17, 15) is 18.5 Å². The molecule has 178 valence electrons. The Hall–Kier alpha value is -2.69. The van der Waals surface area contributed by atoms with E-state index in [0.717, 1.165) is 11.8 Å². The number of carbonyl (C=O) groups is 1. The molecule has 0 atom stereocenters. The van der Waals surface area contributed by atoms with Crippen LogP contribution in [0.4, 0.5) is 5.82 Å². The van der Waals surface area contributed by atoms with Crippen LogP contribution >= 0.6 is 11.8 Å². The van der Waals surface area contributed by atoms with Crippen molar-refractivity contribution in [2.45, 2.75) is 30.3 Å². The number of anilines is 1. The fraction of sp³-hybridized carbons (Fsp3) is 0.381. The van der Waals surface area contributed by atoms with Crippen molar-refractivity contribution in [3.05, 3.63) is 35.4 Å². The van der Waals surface area contributed by atoms with Gasteiger partial charge in [-0.1, -0.05) is 37.7 Å². The van der Waals surface area contributed by atoms with Gasteiger partial charge in [0.1, 0.15) is 22.5 Å². The van der Waals surface area contributed by atoms with E-state index >= 15 is 0 Å². The summed E-state index contributed by atoms with van der Waals surface area (Å²) in [7, 11) is -3.66. The summed E-state index contributed by atoms with van der Waals surface area (Å²) in [6, 6.07) is 8.21. The van der Waals surface area contributed by atoms with Crippen molar-refractivity contribution in [3.63, 3.8) is 0 Å². The maximum absolute atomic E-state index is 12.9. The van der Waals surface area contributed by atoms with Crippen LogP contribution < -0.4 is 17.2 Å². The third-order valence-electron chi connectivity index (χ3n) is 4.71. The standard InChI is InChI=1S/C19H22N6O4S2.C2H6/c20-9-14-17(15(10-21)19(24-18(14)23)30-11-16(22)26)12-1-3-13(4-2-12)31(27,28)25-5-7-29-8-6-25;1-2/h1-4H,5-8,10-11,21H2,(H2,22,26)(H2,23,24);1-2H3. The summed E-state index contributed by atoms with van der Waals surface area (Å²) in [4.78, 5) is 15.5. The predicted molar refractivity (Wildman–Crippen MR) is 128 cm³/mol. The van der Waals surface area contributed by atoms with Crippen LogP contribution in [0.1, 0.15) is 25.0 Å². The van der Waals surface area contributed by atoms with E-state index in [1.165, 1.54) is 16.4 Å². The first-order valence-corrected chi connectivity index (χ1v) is 12.7. The number of hydrogen-bond donors (Lipinski definition) is 3. The molecule has 2 aromatic rings. The van der Waals surface area contributed by atoms with Gasteiger partial charge in [-0.25, -0.2) is 13.4 Å². The number of pyridine rings is 1. The van der Waals surface area contributed by atoms with E-state index in [1.807, 2.05) is 19.9 Å². The highest BCUT2D eigenvalue weighted by Crippen LogP contribution is 2.36. The summed E-state index contributed by atoms with van der Waals surface area (Å²) in [5.41, 5.74) is 18.8. The summed E-state index contributed by atoms with van der Waals surface area (Å²) in [6.07, 6.45) is 0. The second-order valence-electron chi connectivity index (χ2n) is 6.64. The SMILES string of the molecule is CC.N#Cc1c(N)nc(SCC(N)=O)c(CN)c1-c1ccc(S(=O)(=O)N2CCOCC2)cc1. The van der Waals surface area contributed by atoms with Crippen molar-refractivity contribution < 1.29 is 17.9 Å². The first-order valence-electron chi connectivity index (χ1n) is 10.3. The van der Waals surface area contributed by atoms with E-state index in [2.05, 4.69) is 4.98 Å². The molecule has 1 aromatic carbocycles. The number of sulfonamides is 1. The highest BCUT2D eigenvalue weighted by atomic mass is 32.2. The van der Waals surface area contributed by atoms with Gasteiger partial charge in [-0.15, -0.1) is 0 Å². The molecule has 0 bridgehead atoms. The predicted octanol–water partition coefficient (Wildman–Crippen LogP) is 1.29. The Morgan fingerprint density at radius 3 is 2.36 bits per heavy atom. The number of rotatable bonds is 7. The topological polar surface area (TPSA) is 178 Å². The zero-order chi connectivity index (χ0) is 24.6. The summed E-state index contributed by atoms with van der Waals surface area (Å²) in [5.74, 6) is -0.565. The number of carbonyl (C=O) groups excluding carboxylic acids is 1. The molecule has 0 unspecified atom stereocenters. The molecular formula is C21H28N6O4S2. The third-order valence-corrected chi connectivity index (χ3v) is 7.66. The van der Waals surface area contributed by atoms with Gasteiger partial charge in [0.2, 0.25) is 15.9 Å². The number of morpholine rings is 1. The number of nitrogen functional groups attached to an aromatic ring is 1. The molecule has 2 heterocycles. The van der Waals surface area contributed by atoms with E-state index in [-0.39, 0.29) is 28.6 Å². The number of ether oxygens (including phenoxy) is 1. The molecule has 10 nitrogen and oxygen atoms in total. The Bertz CT molecular complexity index is 1120. The second kappa shape index (κ2) is 12.0. The number of aromatic nitrogens is 1. The van der Waals surface area contributed by atoms with E-state index in [0.29, 0.717) is 48.0 Å². The molecule has 1 aliphatic heterocycles. The first kappa shape index (κ1) is 26.6.